The SMILES string of the molecule is CCOC(=O)COc1c(/C=C2\NC(=O)N(Cc3ccc(C(=O)OC)o3)C2=O)cccc1[N+](=O)[O-]. The topological polar surface area (TPSA) is 168 Å². The van der Waals surface area contributed by atoms with Gasteiger partial charge in [-0.2, -0.15) is 0 Å². The Balaban J connectivity index is 1.85. The molecule has 0 aliphatic carbocycles. The zero-order chi connectivity index (χ0) is 24.8. The molecule has 34 heavy (non-hydrogen) atoms. The third-order valence-electron chi connectivity index (χ3n) is 4.49. The van der Waals surface area contributed by atoms with Crippen molar-refractivity contribution in [2.75, 3.05) is 20.3 Å². The van der Waals surface area contributed by atoms with Crippen LogP contribution in [0.2, 0.25) is 0 Å². The molecular weight excluding hydrogens is 454 g/mol. The second-order valence-corrected chi connectivity index (χ2v) is 6.68. The smallest absolute Gasteiger partial charge is 0.373 e. The Morgan fingerprint density at radius 2 is 2.00 bits per heavy atom. The molecule has 1 aliphatic rings. The summed E-state index contributed by atoms with van der Waals surface area (Å²) in [5.41, 5.74) is -0.556. The van der Waals surface area contributed by atoms with Crippen LogP contribution in [0.5, 0.6) is 5.75 Å². The highest BCUT2D eigenvalue weighted by molar-refractivity contribution is 6.14. The number of nitrogens with zero attached hydrogens (tertiary/aromatic N) is 2. The number of nitrogens with one attached hydrogen (secondary N) is 1. The largest absolute Gasteiger partial charge is 0.474 e. The van der Waals surface area contributed by atoms with E-state index in [1.807, 2.05) is 0 Å². The Bertz CT molecular complexity index is 1180. The van der Waals surface area contributed by atoms with E-state index >= 15 is 0 Å². The van der Waals surface area contributed by atoms with Crippen molar-refractivity contribution in [2.24, 2.45) is 0 Å². The molecule has 0 atom stereocenters. The van der Waals surface area contributed by atoms with Gasteiger partial charge in [-0.15, -0.1) is 0 Å². The first kappa shape index (κ1) is 24.0. The number of furan rings is 1. The Hall–Kier alpha value is -4.68. The summed E-state index contributed by atoms with van der Waals surface area (Å²) in [6.45, 7) is 0.823. The minimum Gasteiger partial charge on any atom is -0.474 e. The molecule has 0 radical (unpaired) electrons. The molecule has 3 rings (SSSR count). The van der Waals surface area contributed by atoms with Crippen molar-refractivity contribution in [3.05, 3.63) is 63.2 Å². The zero-order valence-corrected chi connectivity index (χ0v) is 18.1. The van der Waals surface area contributed by atoms with Crippen LogP contribution in [-0.4, -0.2) is 54.0 Å². The van der Waals surface area contributed by atoms with E-state index in [2.05, 4.69) is 10.1 Å². The summed E-state index contributed by atoms with van der Waals surface area (Å²) in [5, 5.41) is 13.8. The minimum absolute atomic E-state index is 0.0787. The van der Waals surface area contributed by atoms with E-state index in [1.165, 1.54) is 43.5 Å². The number of imide groups is 1. The van der Waals surface area contributed by atoms with E-state index in [0.717, 1.165) is 4.90 Å². The number of rotatable bonds is 9. The molecule has 1 saturated heterocycles. The first-order chi connectivity index (χ1) is 16.2. The second-order valence-electron chi connectivity index (χ2n) is 6.68. The molecule has 1 aromatic carbocycles. The molecule has 178 valence electrons. The zero-order valence-electron chi connectivity index (χ0n) is 18.1. The lowest BCUT2D eigenvalue weighted by atomic mass is 10.1. The number of urea groups is 1. The number of amides is 3. The van der Waals surface area contributed by atoms with Gasteiger partial charge in [-0.3, -0.25) is 19.8 Å². The van der Waals surface area contributed by atoms with Crippen molar-refractivity contribution in [2.45, 2.75) is 13.5 Å². The van der Waals surface area contributed by atoms with Gasteiger partial charge in [0.15, 0.2) is 6.61 Å². The number of para-hydroxylation sites is 1. The third-order valence-corrected chi connectivity index (χ3v) is 4.49. The maximum absolute atomic E-state index is 12.8. The van der Waals surface area contributed by atoms with Crippen LogP contribution in [0.4, 0.5) is 10.5 Å². The molecule has 1 aliphatic heterocycles. The lowest BCUT2D eigenvalue weighted by molar-refractivity contribution is -0.385. The fourth-order valence-electron chi connectivity index (χ4n) is 2.99. The normalized spacial score (nSPS) is 14.2. The van der Waals surface area contributed by atoms with Crippen molar-refractivity contribution in [1.82, 2.24) is 10.2 Å². The number of methoxy groups -OCH3 is 1. The van der Waals surface area contributed by atoms with Gasteiger partial charge in [0.1, 0.15) is 11.5 Å². The van der Waals surface area contributed by atoms with E-state index in [0.29, 0.717) is 0 Å². The number of hydrogen-bond acceptors (Lipinski definition) is 10. The van der Waals surface area contributed by atoms with Crippen LogP contribution in [0, 0.1) is 10.1 Å². The van der Waals surface area contributed by atoms with Gasteiger partial charge in [-0.1, -0.05) is 12.1 Å². The highest BCUT2D eigenvalue weighted by Crippen LogP contribution is 2.33. The molecule has 1 N–H and O–H groups in total. The fraction of sp³-hybridized carbons (Fsp3) is 0.238. The van der Waals surface area contributed by atoms with Gasteiger partial charge in [0, 0.05) is 11.6 Å². The van der Waals surface area contributed by atoms with Crippen molar-refractivity contribution < 1.29 is 42.7 Å². The van der Waals surface area contributed by atoms with E-state index in [4.69, 9.17) is 13.9 Å². The molecule has 0 saturated carbocycles. The molecular formula is C21H19N3O10. The number of esters is 2. The molecule has 3 amide bonds. The van der Waals surface area contributed by atoms with Crippen molar-refractivity contribution in [3.63, 3.8) is 0 Å². The van der Waals surface area contributed by atoms with Crippen LogP contribution in [0.1, 0.15) is 28.8 Å². The number of nitro benzene ring substituents is 1. The molecule has 13 heteroatoms. The minimum atomic E-state index is -0.772. The van der Waals surface area contributed by atoms with Gasteiger partial charge in [0.05, 0.1) is 25.2 Å². The maximum Gasteiger partial charge on any atom is 0.373 e. The Labute approximate surface area is 192 Å². The first-order valence-corrected chi connectivity index (χ1v) is 9.82. The lowest BCUT2D eigenvalue weighted by Crippen LogP contribution is -2.30. The molecule has 1 aromatic heterocycles. The third kappa shape index (κ3) is 5.20. The van der Waals surface area contributed by atoms with E-state index in [9.17, 15) is 29.3 Å². The summed E-state index contributed by atoms with van der Waals surface area (Å²) >= 11 is 0. The molecule has 13 nitrogen and oxygen atoms in total. The van der Waals surface area contributed by atoms with E-state index in [-0.39, 0.29) is 41.7 Å². The van der Waals surface area contributed by atoms with E-state index in [1.54, 1.807) is 6.92 Å². The van der Waals surface area contributed by atoms with Crippen LogP contribution in [0.25, 0.3) is 6.08 Å². The number of carbonyl (C=O) groups is 4. The number of ether oxygens (including phenoxy) is 3. The molecule has 0 unspecified atom stereocenters. The summed E-state index contributed by atoms with van der Waals surface area (Å²) in [6.07, 6.45) is 1.19. The maximum atomic E-state index is 12.8. The predicted octanol–water partition coefficient (Wildman–Crippen LogP) is 2.01. The fourth-order valence-corrected chi connectivity index (χ4v) is 2.99. The van der Waals surface area contributed by atoms with Gasteiger partial charge < -0.3 is 23.9 Å². The molecule has 0 bridgehead atoms. The monoisotopic (exact) mass is 473 g/mol. The number of benzene rings is 1. The van der Waals surface area contributed by atoms with Gasteiger partial charge >= 0.3 is 23.7 Å². The van der Waals surface area contributed by atoms with Crippen molar-refractivity contribution in [1.29, 1.82) is 0 Å². The summed E-state index contributed by atoms with van der Waals surface area (Å²) in [4.78, 5) is 59.8. The number of nitro groups is 1. The van der Waals surface area contributed by atoms with Crippen LogP contribution in [0.3, 0.4) is 0 Å². The first-order valence-electron chi connectivity index (χ1n) is 9.82. The summed E-state index contributed by atoms with van der Waals surface area (Å²) in [6, 6.07) is 5.92. The molecule has 1 fully saturated rings. The van der Waals surface area contributed by atoms with Crippen molar-refractivity contribution >= 4 is 35.6 Å². The quantitative estimate of drug-likeness (QED) is 0.187. The standard InChI is InChI=1S/C21H19N3O10/c1-3-32-17(25)11-33-18-12(5-4-6-15(18)24(29)30)9-14-19(26)23(21(28)22-14)10-13-7-8-16(34-13)20(27)31-2/h4-9H,3,10-11H2,1-2H3,(H,22,28)/b14-9-. The Kier molecular flexibility index (Phi) is 7.26. The van der Waals surface area contributed by atoms with Gasteiger partial charge in [0.25, 0.3) is 5.91 Å². The average molecular weight is 473 g/mol. The summed E-state index contributed by atoms with van der Waals surface area (Å²) in [7, 11) is 1.18. The van der Waals surface area contributed by atoms with E-state index < -0.39 is 41.1 Å². The summed E-state index contributed by atoms with van der Waals surface area (Å²) in [5.74, 6) is -2.42. The van der Waals surface area contributed by atoms with Gasteiger partial charge in [0.2, 0.25) is 11.5 Å². The number of carbonyl (C=O) groups excluding carboxylic acids is 4. The van der Waals surface area contributed by atoms with Gasteiger partial charge in [-0.25, -0.2) is 14.4 Å². The summed E-state index contributed by atoms with van der Waals surface area (Å²) < 4.78 is 19.9. The predicted molar refractivity (Wildman–Crippen MR) is 112 cm³/mol. The van der Waals surface area contributed by atoms with Crippen LogP contribution in [-0.2, 0) is 25.6 Å². The molecule has 0 spiro atoms. The number of hydrogen-bond donors (Lipinski definition) is 1. The van der Waals surface area contributed by atoms with Crippen molar-refractivity contribution in [3.8, 4) is 5.75 Å². The molecule has 2 aromatic rings. The second kappa shape index (κ2) is 10.3. The Morgan fingerprint density at radius 1 is 1.24 bits per heavy atom. The van der Waals surface area contributed by atoms with Gasteiger partial charge in [-0.05, 0) is 25.1 Å². The Morgan fingerprint density at radius 3 is 2.68 bits per heavy atom. The van der Waals surface area contributed by atoms with Crippen LogP contribution >= 0.6 is 0 Å². The highest BCUT2D eigenvalue weighted by Gasteiger charge is 2.35. The average Bonchev–Trinajstić information content (AvgIpc) is 3.38. The van der Waals surface area contributed by atoms with Crippen LogP contribution < -0.4 is 10.1 Å². The lowest BCUT2D eigenvalue weighted by Gasteiger charge is -2.10. The highest BCUT2D eigenvalue weighted by atomic mass is 16.6. The van der Waals surface area contributed by atoms with Crippen LogP contribution in [0.15, 0.2) is 40.4 Å². The molecule has 2 heterocycles.